The number of morpholine rings is 1. The molecule has 0 radical (unpaired) electrons. The van der Waals surface area contributed by atoms with E-state index in [1.165, 1.54) is 6.07 Å². The molecule has 29 heavy (non-hydrogen) atoms. The Hall–Kier alpha value is -2.49. The molecule has 3 amide bonds. The molecule has 3 rings (SSSR count). The molecule has 1 atom stereocenters. The van der Waals surface area contributed by atoms with E-state index in [9.17, 15) is 22.8 Å². The molecule has 2 heterocycles. The van der Waals surface area contributed by atoms with E-state index in [1.54, 1.807) is 17.9 Å². The predicted octanol–water partition coefficient (Wildman–Crippen LogP) is 2.67. The number of ether oxygens (including phenoxy) is 1. The molecule has 0 aliphatic carbocycles. The van der Waals surface area contributed by atoms with Crippen LogP contribution in [0.1, 0.15) is 25.3 Å². The van der Waals surface area contributed by atoms with Crippen molar-refractivity contribution in [2.45, 2.75) is 32.0 Å². The minimum atomic E-state index is -4.61. The van der Waals surface area contributed by atoms with Crippen molar-refractivity contribution < 1.29 is 27.5 Å². The zero-order valence-electron chi connectivity index (χ0n) is 16.2. The molecule has 0 saturated carbocycles. The molecule has 2 fully saturated rings. The molecular weight excluding hydrogens is 389 g/mol. The standard InChI is InChI=1S/C19H25F3N4O3/c1-13(12-26-6-2-3-17(26)27)23-18(28)24-16-5-4-14(11-15(16)19(20,21)22)25-7-9-29-10-8-25/h4-5,11,13H,2-3,6-10,12H2,1H3,(H2,23,24,28). The number of amides is 3. The van der Waals surface area contributed by atoms with Crippen LogP contribution >= 0.6 is 0 Å². The SMILES string of the molecule is CC(CN1CCCC1=O)NC(=O)Nc1ccc(N2CCOCC2)cc1C(F)(F)F. The Morgan fingerprint density at radius 2 is 1.97 bits per heavy atom. The molecule has 7 nitrogen and oxygen atoms in total. The number of hydrogen-bond acceptors (Lipinski definition) is 4. The molecule has 2 saturated heterocycles. The molecule has 1 aromatic carbocycles. The summed E-state index contributed by atoms with van der Waals surface area (Å²) in [5, 5.41) is 4.89. The molecule has 2 aliphatic heterocycles. The van der Waals surface area contributed by atoms with Gasteiger partial charge in [-0.3, -0.25) is 4.79 Å². The number of anilines is 2. The maximum Gasteiger partial charge on any atom is 0.418 e. The molecule has 10 heteroatoms. The quantitative estimate of drug-likeness (QED) is 0.777. The normalized spacial score (nSPS) is 18.7. The van der Waals surface area contributed by atoms with Crippen molar-refractivity contribution in [1.82, 2.24) is 10.2 Å². The Bertz CT molecular complexity index is 751. The fraction of sp³-hybridized carbons (Fsp3) is 0.579. The summed E-state index contributed by atoms with van der Waals surface area (Å²) in [5.74, 6) is 0.0251. The summed E-state index contributed by atoms with van der Waals surface area (Å²) in [4.78, 5) is 27.3. The molecular formula is C19H25F3N4O3. The van der Waals surface area contributed by atoms with Gasteiger partial charge in [-0.15, -0.1) is 0 Å². The fourth-order valence-corrected chi connectivity index (χ4v) is 3.55. The average Bonchev–Trinajstić information content (AvgIpc) is 3.06. The van der Waals surface area contributed by atoms with E-state index in [0.29, 0.717) is 51.5 Å². The number of rotatable bonds is 5. The van der Waals surface area contributed by atoms with Crippen LogP contribution in [0.15, 0.2) is 18.2 Å². The largest absolute Gasteiger partial charge is 0.418 e. The van der Waals surface area contributed by atoms with Gasteiger partial charge in [-0.25, -0.2) is 4.79 Å². The van der Waals surface area contributed by atoms with Gasteiger partial charge in [0.1, 0.15) is 0 Å². The van der Waals surface area contributed by atoms with Gasteiger partial charge in [0.2, 0.25) is 5.91 Å². The van der Waals surface area contributed by atoms with Gasteiger partial charge in [-0.05, 0) is 31.5 Å². The van der Waals surface area contributed by atoms with Crippen LogP contribution in [-0.4, -0.2) is 62.3 Å². The Balaban J connectivity index is 1.66. The lowest BCUT2D eigenvalue weighted by Crippen LogP contribution is -2.44. The number of nitrogens with one attached hydrogen (secondary N) is 2. The van der Waals surface area contributed by atoms with Crippen molar-refractivity contribution in [2.24, 2.45) is 0 Å². The minimum absolute atomic E-state index is 0.0251. The third-order valence-electron chi connectivity index (χ3n) is 4.98. The van der Waals surface area contributed by atoms with Gasteiger partial charge in [0, 0.05) is 44.3 Å². The van der Waals surface area contributed by atoms with Crippen LogP contribution in [0.3, 0.4) is 0 Å². The predicted molar refractivity (Wildman–Crippen MR) is 102 cm³/mol. The number of hydrogen-bond donors (Lipinski definition) is 2. The fourth-order valence-electron chi connectivity index (χ4n) is 3.55. The van der Waals surface area contributed by atoms with Gasteiger partial charge in [-0.1, -0.05) is 0 Å². The lowest BCUT2D eigenvalue weighted by molar-refractivity contribution is -0.137. The van der Waals surface area contributed by atoms with Crippen LogP contribution in [0.25, 0.3) is 0 Å². The summed E-state index contributed by atoms with van der Waals surface area (Å²) in [7, 11) is 0. The summed E-state index contributed by atoms with van der Waals surface area (Å²) in [5.41, 5.74) is -0.775. The minimum Gasteiger partial charge on any atom is -0.378 e. The molecule has 2 N–H and O–H groups in total. The van der Waals surface area contributed by atoms with Gasteiger partial charge in [0.05, 0.1) is 24.5 Å². The average molecular weight is 414 g/mol. The molecule has 0 spiro atoms. The highest BCUT2D eigenvalue weighted by molar-refractivity contribution is 5.91. The third-order valence-corrected chi connectivity index (χ3v) is 4.98. The molecule has 1 aromatic rings. The summed E-state index contributed by atoms with van der Waals surface area (Å²) in [6, 6.07) is 2.74. The number of carbonyl (C=O) groups is 2. The molecule has 0 bridgehead atoms. The topological polar surface area (TPSA) is 73.9 Å². The van der Waals surface area contributed by atoms with E-state index < -0.39 is 17.8 Å². The second-order valence-corrected chi connectivity index (χ2v) is 7.27. The summed E-state index contributed by atoms with van der Waals surface area (Å²) in [6.45, 7) is 4.61. The molecule has 160 valence electrons. The van der Waals surface area contributed by atoms with Crippen molar-refractivity contribution >= 4 is 23.3 Å². The van der Waals surface area contributed by atoms with Crippen LogP contribution in [0.5, 0.6) is 0 Å². The van der Waals surface area contributed by atoms with Crippen molar-refractivity contribution in [3.8, 4) is 0 Å². The zero-order chi connectivity index (χ0) is 21.0. The number of likely N-dealkylation sites (tertiary alicyclic amines) is 1. The zero-order valence-corrected chi connectivity index (χ0v) is 16.2. The van der Waals surface area contributed by atoms with Gasteiger partial charge in [0.15, 0.2) is 0 Å². The van der Waals surface area contributed by atoms with Crippen LogP contribution < -0.4 is 15.5 Å². The monoisotopic (exact) mass is 414 g/mol. The van der Waals surface area contributed by atoms with E-state index in [4.69, 9.17) is 4.74 Å². The van der Waals surface area contributed by atoms with Gasteiger partial charge < -0.3 is 25.2 Å². The highest BCUT2D eigenvalue weighted by Gasteiger charge is 2.35. The number of halogens is 3. The van der Waals surface area contributed by atoms with E-state index >= 15 is 0 Å². The number of benzene rings is 1. The lowest BCUT2D eigenvalue weighted by atomic mass is 10.1. The van der Waals surface area contributed by atoms with Crippen molar-refractivity contribution in [3.63, 3.8) is 0 Å². The lowest BCUT2D eigenvalue weighted by Gasteiger charge is -2.29. The highest BCUT2D eigenvalue weighted by Crippen LogP contribution is 2.37. The Kier molecular flexibility index (Phi) is 6.51. The third kappa shape index (κ3) is 5.53. The van der Waals surface area contributed by atoms with Gasteiger partial charge in [-0.2, -0.15) is 13.2 Å². The van der Waals surface area contributed by atoms with Crippen LogP contribution in [-0.2, 0) is 15.7 Å². The smallest absolute Gasteiger partial charge is 0.378 e. The van der Waals surface area contributed by atoms with Crippen molar-refractivity contribution in [2.75, 3.05) is 49.6 Å². The molecule has 0 aromatic heterocycles. The first-order valence-electron chi connectivity index (χ1n) is 9.63. The number of alkyl halides is 3. The van der Waals surface area contributed by atoms with Crippen molar-refractivity contribution in [1.29, 1.82) is 0 Å². The summed E-state index contributed by atoms with van der Waals surface area (Å²) >= 11 is 0. The van der Waals surface area contributed by atoms with E-state index in [-0.39, 0.29) is 17.6 Å². The van der Waals surface area contributed by atoms with Gasteiger partial charge >= 0.3 is 12.2 Å². The second-order valence-electron chi connectivity index (χ2n) is 7.27. The second kappa shape index (κ2) is 8.89. The Morgan fingerprint density at radius 1 is 1.24 bits per heavy atom. The van der Waals surface area contributed by atoms with Crippen LogP contribution in [0.4, 0.5) is 29.3 Å². The van der Waals surface area contributed by atoms with Crippen LogP contribution in [0, 0.1) is 0 Å². The van der Waals surface area contributed by atoms with E-state index in [2.05, 4.69) is 10.6 Å². The summed E-state index contributed by atoms with van der Waals surface area (Å²) in [6.07, 6.45) is -3.34. The van der Waals surface area contributed by atoms with E-state index in [1.807, 2.05) is 4.90 Å². The van der Waals surface area contributed by atoms with Gasteiger partial charge in [0.25, 0.3) is 0 Å². The summed E-state index contributed by atoms with van der Waals surface area (Å²) < 4.78 is 45.9. The highest BCUT2D eigenvalue weighted by atomic mass is 19.4. The van der Waals surface area contributed by atoms with Crippen molar-refractivity contribution in [3.05, 3.63) is 23.8 Å². The van der Waals surface area contributed by atoms with Crippen LogP contribution in [0.2, 0.25) is 0 Å². The Morgan fingerprint density at radius 3 is 2.59 bits per heavy atom. The first-order valence-corrected chi connectivity index (χ1v) is 9.63. The molecule has 2 aliphatic rings. The first kappa shape index (κ1) is 21.2. The molecule has 1 unspecified atom stereocenters. The van der Waals surface area contributed by atoms with E-state index in [0.717, 1.165) is 12.5 Å². The number of carbonyl (C=O) groups excluding carboxylic acids is 2. The first-order chi connectivity index (χ1) is 13.7. The maximum atomic E-state index is 13.6. The number of nitrogens with zero attached hydrogens (tertiary/aromatic N) is 2. The Labute approximate surface area is 167 Å². The number of urea groups is 1. The maximum absolute atomic E-state index is 13.6.